The van der Waals surface area contributed by atoms with Crippen LogP contribution in [0.4, 0.5) is 4.79 Å². The second kappa shape index (κ2) is 8.15. The van der Waals surface area contributed by atoms with Gasteiger partial charge in [-0.2, -0.15) is 0 Å². The summed E-state index contributed by atoms with van der Waals surface area (Å²) >= 11 is 0. The molecule has 3 rings (SSSR count). The van der Waals surface area contributed by atoms with Gasteiger partial charge in [0.2, 0.25) is 0 Å². The number of amides is 3. The van der Waals surface area contributed by atoms with E-state index in [9.17, 15) is 9.59 Å². The van der Waals surface area contributed by atoms with Gasteiger partial charge in [-0.25, -0.2) is 15.2 Å². The second-order valence-electron chi connectivity index (χ2n) is 5.90. The van der Waals surface area contributed by atoms with Crippen molar-refractivity contribution in [3.63, 3.8) is 0 Å². The third-order valence-electron chi connectivity index (χ3n) is 3.90. The molecule has 0 fully saturated rings. The molecule has 0 bridgehead atoms. The van der Waals surface area contributed by atoms with E-state index in [1.54, 1.807) is 24.5 Å². The quantitative estimate of drug-likeness (QED) is 0.617. The molecule has 1 aromatic heterocycles. The fraction of sp³-hybridized carbons (Fsp3) is 0.211. The summed E-state index contributed by atoms with van der Waals surface area (Å²) in [6, 6.07) is 14.9. The van der Waals surface area contributed by atoms with Crippen LogP contribution in [0.1, 0.15) is 29.3 Å². The molecule has 0 saturated heterocycles. The Bertz CT molecular complexity index is 905. The van der Waals surface area contributed by atoms with Crippen LogP contribution in [0.15, 0.2) is 54.9 Å². The number of aromatic nitrogens is 2. The van der Waals surface area contributed by atoms with Crippen molar-refractivity contribution in [3.8, 4) is 0 Å². The van der Waals surface area contributed by atoms with Gasteiger partial charge in [0.25, 0.3) is 5.91 Å². The van der Waals surface area contributed by atoms with E-state index >= 15 is 0 Å². The third kappa shape index (κ3) is 4.18. The molecule has 0 unspecified atom stereocenters. The number of nitrogens with one attached hydrogen (secondary N) is 3. The molecule has 7 nitrogen and oxygen atoms in total. The van der Waals surface area contributed by atoms with Crippen molar-refractivity contribution in [2.45, 2.75) is 19.9 Å². The SMILES string of the molecule is CCCNC(=O)NNC(=O)c1ccc2ncn(Cc3ccccc3)c2c1. The van der Waals surface area contributed by atoms with Crippen molar-refractivity contribution >= 4 is 23.0 Å². The van der Waals surface area contributed by atoms with Crippen LogP contribution in [0.3, 0.4) is 0 Å². The summed E-state index contributed by atoms with van der Waals surface area (Å²) in [4.78, 5) is 28.2. The highest BCUT2D eigenvalue weighted by atomic mass is 16.2. The van der Waals surface area contributed by atoms with Gasteiger partial charge in [-0.15, -0.1) is 0 Å². The molecule has 3 aromatic rings. The number of carbonyl (C=O) groups excluding carboxylic acids is 2. The lowest BCUT2D eigenvalue weighted by Crippen LogP contribution is -2.47. The number of nitrogens with zero attached hydrogens (tertiary/aromatic N) is 2. The van der Waals surface area contributed by atoms with Crippen molar-refractivity contribution < 1.29 is 9.59 Å². The van der Waals surface area contributed by atoms with E-state index in [2.05, 4.69) is 21.2 Å². The van der Waals surface area contributed by atoms with Crippen LogP contribution >= 0.6 is 0 Å². The highest BCUT2D eigenvalue weighted by molar-refractivity contribution is 5.98. The van der Waals surface area contributed by atoms with E-state index < -0.39 is 6.03 Å². The first-order valence-corrected chi connectivity index (χ1v) is 8.50. The lowest BCUT2D eigenvalue weighted by atomic mass is 10.2. The number of hydrogen-bond donors (Lipinski definition) is 3. The largest absolute Gasteiger partial charge is 0.337 e. The van der Waals surface area contributed by atoms with Crippen molar-refractivity contribution in [1.82, 2.24) is 25.7 Å². The van der Waals surface area contributed by atoms with Crippen LogP contribution in [0.25, 0.3) is 11.0 Å². The van der Waals surface area contributed by atoms with Crippen molar-refractivity contribution in [2.75, 3.05) is 6.54 Å². The van der Waals surface area contributed by atoms with Gasteiger partial charge in [-0.1, -0.05) is 37.3 Å². The zero-order chi connectivity index (χ0) is 18.4. The molecule has 0 aliphatic carbocycles. The minimum Gasteiger partial charge on any atom is -0.337 e. The smallest absolute Gasteiger partial charge is 0.333 e. The molecular weight excluding hydrogens is 330 g/mol. The number of benzene rings is 2. The van der Waals surface area contributed by atoms with Gasteiger partial charge >= 0.3 is 6.03 Å². The van der Waals surface area contributed by atoms with Gasteiger partial charge in [-0.3, -0.25) is 10.2 Å². The fourth-order valence-electron chi connectivity index (χ4n) is 2.57. The Morgan fingerprint density at radius 2 is 1.88 bits per heavy atom. The fourth-order valence-corrected chi connectivity index (χ4v) is 2.57. The number of hydrazine groups is 1. The number of hydrogen-bond acceptors (Lipinski definition) is 3. The second-order valence-corrected chi connectivity index (χ2v) is 5.90. The summed E-state index contributed by atoms with van der Waals surface area (Å²) in [6.45, 7) is 3.17. The number of carbonyl (C=O) groups is 2. The number of rotatable bonds is 5. The van der Waals surface area contributed by atoms with Crippen LogP contribution in [-0.4, -0.2) is 28.0 Å². The van der Waals surface area contributed by atoms with Gasteiger partial charge < -0.3 is 9.88 Å². The molecule has 0 spiro atoms. The summed E-state index contributed by atoms with van der Waals surface area (Å²) < 4.78 is 1.99. The van der Waals surface area contributed by atoms with E-state index in [0.29, 0.717) is 18.7 Å². The average molecular weight is 351 g/mol. The molecule has 3 amide bonds. The molecule has 0 atom stereocenters. The summed E-state index contributed by atoms with van der Waals surface area (Å²) in [5.74, 6) is -0.383. The molecule has 1 heterocycles. The maximum atomic E-state index is 12.3. The Morgan fingerprint density at radius 3 is 2.65 bits per heavy atom. The molecule has 3 N–H and O–H groups in total. The summed E-state index contributed by atoms with van der Waals surface area (Å²) in [5, 5.41) is 2.62. The van der Waals surface area contributed by atoms with Gasteiger partial charge in [0.05, 0.1) is 17.4 Å². The first-order valence-electron chi connectivity index (χ1n) is 8.50. The van der Waals surface area contributed by atoms with Crippen LogP contribution in [0, 0.1) is 0 Å². The predicted octanol–water partition coefficient (Wildman–Crippen LogP) is 2.44. The lowest BCUT2D eigenvalue weighted by Gasteiger charge is -2.09. The number of imidazole rings is 1. The molecule has 26 heavy (non-hydrogen) atoms. The third-order valence-corrected chi connectivity index (χ3v) is 3.90. The first-order chi connectivity index (χ1) is 12.7. The van der Waals surface area contributed by atoms with E-state index in [1.165, 1.54) is 0 Å². The molecule has 0 saturated carbocycles. The zero-order valence-electron chi connectivity index (χ0n) is 14.5. The highest BCUT2D eigenvalue weighted by Gasteiger charge is 2.10. The van der Waals surface area contributed by atoms with E-state index in [4.69, 9.17) is 0 Å². The molecule has 2 aromatic carbocycles. The lowest BCUT2D eigenvalue weighted by molar-refractivity contribution is 0.0936. The van der Waals surface area contributed by atoms with E-state index in [-0.39, 0.29) is 5.91 Å². The average Bonchev–Trinajstić information content (AvgIpc) is 3.07. The Hall–Kier alpha value is -3.35. The maximum absolute atomic E-state index is 12.3. The van der Waals surface area contributed by atoms with Crippen LogP contribution in [-0.2, 0) is 6.54 Å². The van der Waals surface area contributed by atoms with Gasteiger partial charge in [0.15, 0.2) is 0 Å². The van der Waals surface area contributed by atoms with Gasteiger partial charge in [0, 0.05) is 18.7 Å². The standard InChI is InChI=1S/C19H21N5O2/c1-2-10-20-19(26)23-22-18(25)15-8-9-16-17(11-15)24(13-21-16)12-14-6-4-3-5-7-14/h3-9,11,13H,2,10,12H2,1H3,(H,22,25)(H2,20,23,26). The Labute approximate surface area is 151 Å². The molecule has 7 heteroatoms. The molecule has 0 radical (unpaired) electrons. The highest BCUT2D eigenvalue weighted by Crippen LogP contribution is 2.16. The predicted molar refractivity (Wildman–Crippen MR) is 99.6 cm³/mol. The molecular formula is C19H21N5O2. The van der Waals surface area contributed by atoms with Crippen molar-refractivity contribution in [2.24, 2.45) is 0 Å². The normalized spacial score (nSPS) is 10.5. The van der Waals surface area contributed by atoms with Crippen molar-refractivity contribution in [1.29, 1.82) is 0 Å². The first kappa shape index (κ1) is 17.5. The summed E-state index contributed by atoms with van der Waals surface area (Å²) in [5.41, 5.74) is 8.01. The summed E-state index contributed by atoms with van der Waals surface area (Å²) in [7, 11) is 0. The van der Waals surface area contributed by atoms with E-state index in [1.807, 2.05) is 41.8 Å². The summed E-state index contributed by atoms with van der Waals surface area (Å²) in [6.07, 6.45) is 2.58. The number of urea groups is 1. The Kier molecular flexibility index (Phi) is 5.48. The topological polar surface area (TPSA) is 88.1 Å². The van der Waals surface area contributed by atoms with Crippen molar-refractivity contribution in [3.05, 3.63) is 66.0 Å². The minimum atomic E-state index is -0.435. The Balaban J connectivity index is 1.72. The molecule has 0 aliphatic heterocycles. The van der Waals surface area contributed by atoms with Crippen LogP contribution in [0.5, 0.6) is 0 Å². The van der Waals surface area contributed by atoms with E-state index in [0.717, 1.165) is 23.0 Å². The van der Waals surface area contributed by atoms with Gasteiger partial charge in [-0.05, 0) is 30.2 Å². The Morgan fingerprint density at radius 1 is 1.08 bits per heavy atom. The molecule has 134 valence electrons. The maximum Gasteiger partial charge on any atom is 0.333 e. The minimum absolute atomic E-state index is 0.383. The molecule has 0 aliphatic rings. The van der Waals surface area contributed by atoms with Crippen LogP contribution in [0.2, 0.25) is 0 Å². The van der Waals surface area contributed by atoms with Crippen LogP contribution < -0.4 is 16.2 Å². The zero-order valence-corrected chi connectivity index (χ0v) is 14.5. The monoisotopic (exact) mass is 351 g/mol. The van der Waals surface area contributed by atoms with Gasteiger partial charge in [0.1, 0.15) is 0 Å². The number of fused-ring (bicyclic) bond motifs is 1.